The van der Waals surface area contributed by atoms with Crippen LogP contribution in [0.25, 0.3) is 0 Å². The number of carbonyl (C=O) groups excluding carboxylic acids is 1. The van der Waals surface area contributed by atoms with Crippen molar-refractivity contribution >= 4 is 11.7 Å². The summed E-state index contributed by atoms with van der Waals surface area (Å²) in [5.74, 6) is 2.01. The third-order valence-electron chi connectivity index (χ3n) is 13.8. The lowest BCUT2D eigenvalue weighted by Crippen LogP contribution is -2.44. The van der Waals surface area contributed by atoms with E-state index in [9.17, 15) is 19.4 Å². The van der Waals surface area contributed by atoms with E-state index in [1.165, 1.54) is 55.6 Å². The van der Waals surface area contributed by atoms with Crippen LogP contribution in [0.5, 0.6) is 0 Å². The number of fused-ring (bicyclic) bond motifs is 2. The summed E-state index contributed by atoms with van der Waals surface area (Å²) in [5, 5.41) is 24.0. The topological polar surface area (TPSA) is 92.1 Å². The standard InChI is InChI=1S/C41H67FN2O5/c1-6-31-18-15-27-11-9-13-34(36(27)24-48-31)26(4)38(45)21-29(41(47)44(5)40-20-17-30(42)23-43-40)22-39(46)33(8-3)35-14-10-12-28-16-19-32(7-2)49-25-37(28)35/h17,20,23,26-29,31-39,45-46H,6-16,18-19,21-22,24-25H2,1-5H3. The molecule has 1 aromatic heterocycles. The molecule has 4 fully saturated rings. The second kappa shape index (κ2) is 18.2. The molecule has 3 heterocycles. The van der Waals surface area contributed by atoms with Crippen molar-refractivity contribution in [3.63, 3.8) is 0 Å². The molecule has 8 heteroatoms. The van der Waals surface area contributed by atoms with Gasteiger partial charge in [-0.25, -0.2) is 9.37 Å². The molecule has 1 amide bonds. The van der Waals surface area contributed by atoms with Gasteiger partial charge in [-0.15, -0.1) is 0 Å². The van der Waals surface area contributed by atoms with Crippen molar-refractivity contribution in [2.45, 2.75) is 148 Å². The first-order chi connectivity index (χ1) is 23.6. The van der Waals surface area contributed by atoms with E-state index < -0.39 is 23.9 Å². The molecule has 2 aliphatic heterocycles. The molecular weight excluding hydrogens is 619 g/mol. The van der Waals surface area contributed by atoms with Gasteiger partial charge < -0.3 is 19.7 Å². The minimum absolute atomic E-state index is 0.00648. The molecule has 2 saturated carbocycles. The summed E-state index contributed by atoms with van der Waals surface area (Å²) in [5.41, 5.74) is 0. The van der Waals surface area contributed by atoms with Gasteiger partial charge in [0.2, 0.25) is 5.91 Å². The summed E-state index contributed by atoms with van der Waals surface area (Å²) >= 11 is 0. The van der Waals surface area contributed by atoms with Crippen LogP contribution in [-0.2, 0) is 14.3 Å². The second-order valence-corrected chi connectivity index (χ2v) is 16.4. The van der Waals surface area contributed by atoms with Crippen molar-refractivity contribution in [2.24, 2.45) is 53.3 Å². The van der Waals surface area contributed by atoms with Gasteiger partial charge in [-0.05, 0) is 124 Å². The molecule has 278 valence electrons. The molecule has 0 aromatic carbocycles. The third kappa shape index (κ3) is 9.44. The number of halogens is 1. The van der Waals surface area contributed by atoms with E-state index in [2.05, 4.69) is 32.7 Å². The number of ether oxygens (including phenoxy) is 2. The zero-order valence-electron chi connectivity index (χ0n) is 31.1. The van der Waals surface area contributed by atoms with E-state index in [0.717, 1.165) is 64.4 Å². The molecule has 0 bridgehead atoms. The molecule has 49 heavy (non-hydrogen) atoms. The normalized spacial score (nSPS) is 33.9. The first kappa shape index (κ1) is 38.6. The van der Waals surface area contributed by atoms with Crippen molar-refractivity contribution in [1.29, 1.82) is 0 Å². The van der Waals surface area contributed by atoms with Crippen LogP contribution in [0.3, 0.4) is 0 Å². The highest BCUT2D eigenvalue weighted by Crippen LogP contribution is 2.47. The fourth-order valence-electron chi connectivity index (χ4n) is 10.7. The van der Waals surface area contributed by atoms with Gasteiger partial charge in [-0.3, -0.25) is 9.69 Å². The highest BCUT2D eigenvalue weighted by atomic mass is 19.1. The van der Waals surface area contributed by atoms with E-state index >= 15 is 0 Å². The van der Waals surface area contributed by atoms with Crippen molar-refractivity contribution in [3.05, 3.63) is 24.1 Å². The molecule has 1 aromatic rings. The van der Waals surface area contributed by atoms with Gasteiger partial charge in [0.1, 0.15) is 11.6 Å². The van der Waals surface area contributed by atoms with Gasteiger partial charge in [0, 0.05) is 13.0 Å². The quantitative estimate of drug-likeness (QED) is 0.217. The minimum Gasteiger partial charge on any atom is -0.393 e. The lowest BCUT2D eigenvalue weighted by Gasteiger charge is -2.43. The van der Waals surface area contributed by atoms with Gasteiger partial charge in [-0.2, -0.15) is 0 Å². The Morgan fingerprint density at radius 2 is 1.43 bits per heavy atom. The lowest BCUT2D eigenvalue weighted by atomic mass is 9.63. The Labute approximate surface area is 296 Å². The van der Waals surface area contributed by atoms with Crippen LogP contribution in [0.15, 0.2) is 18.3 Å². The van der Waals surface area contributed by atoms with E-state index in [4.69, 9.17) is 9.47 Å². The molecule has 2 aliphatic carbocycles. The summed E-state index contributed by atoms with van der Waals surface area (Å²) in [4.78, 5) is 20.0. The number of aliphatic hydroxyl groups is 2. The molecule has 4 aliphatic rings. The first-order valence-corrected chi connectivity index (χ1v) is 20.1. The maximum Gasteiger partial charge on any atom is 0.231 e. The summed E-state index contributed by atoms with van der Waals surface area (Å²) < 4.78 is 26.5. The van der Waals surface area contributed by atoms with Crippen LogP contribution in [-0.4, -0.2) is 65.8 Å². The number of hydrogen-bond acceptors (Lipinski definition) is 6. The molecule has 7 nitrogen and oxygen atoms in total. The van der Waals surface area contributed by atoms with Crippen LogP contribution >= 0.6 is 0 Å². The number of carbonyl (C=O) groups is 1. The number of amides is 1. The Morgan fingerprint density at radius 1 is 0.857 bits per heavy atom. The monoisotopic (exact) mass is 687 g/mol. The number of aliphatic hydroxyl groups excluding tert-OH is 2. The SMILES string of the molecule is CCC1CCC2CCCC(C(C)C(O)CC(CC(O)C(CC)C3CCCC4CCC(CC)OCC43)C(=O)N(C)c3ccc(F)cn3)C2CO1. The Hall–Kier alpha value is -1.61. The van der Waals surface area contributed by atoms with Crippen molar-refractivity contribution in [1.82, 2.24) is 4.98 Å². The summed E-state index contributed by atoms with van der Waals surface area (Å²) in [6, 6.07) is 2.83. The molecule has 0 spiro atoms. The highest BCUT2D eigenvalue weighted by molar-refractivity contribution is 5.93. The zero-order chi connectivity index (χ0) is 35.1. The molecule has 2 N–H and O–H groups in total. The molecule has 0 radical (unpaired) electrons. The maximum atomic E-state index is 14.3. The van der Waals surface area contributed by atoms with E-state index in [1.807, 2.05) is 0 Å². The number of nitrogens with zero attached hydrogens (tertiary/aromatic N) is 2. The smallest absolute Gasteiger partial charge is 0.231 e. The van der Waals surface area contributed by atoms with Crippen LogP contribution in [0.2, 0.25) is 0 Å². The maximum absolute atomic E-state index is 14.3. The largest absolute Gasteiger partial charge is 0.393 e. The van der Waals surface area contributed by atoms with Crippen molar-refractivity contribution in [2.75, 3.05) is 25.2 Å². The fraction of sp³-hybridized carbons (Fsp3) is 0.854. The van der Waals surface area contributed by atoms with Gasteiger partial charge >= 0.3 is 0 Å². The Balaban J connectivity index is 1.34. The molecule has 5 rings (SSSR count). The summed E-state index contributed by atoms with van der Waals surface area (Å²) in [7, 11) is 1.67. The van der Waals surface area contributed by atoms with E-state index in [1.54, 1.807) is 7.05 Å². The van der Waals surface area contributed by atoms with E-state index in [0.29, 0.717) is 53.5 Å². The van der Waals surface area contributed by atoms with Crippen LogP contribution in [0, 0.1) is 59.1 Å². The van der Waals surface area contributed by atoms with E-state index in [-0.39, 0.29) is 30.6 Å². The predicted octanol–water partition coefficient (Wildman–Crippen LogP) is 8.21. The number of aromatic nitrogens is 1. The molecule has 13 unspecified atom stereocenters. The van der Waals surface area contributed by atoms with Crippen LogP contribution in [0.4, 0.5) is 10.2 Å². The molecule has 13 atom stereocenters. The third-order valence-corrected chi connectivity index (χ3v) is 13.8. The Morgan fingerprint density at radius 3 is 1.98 bits per heavy atom. The fourth-order valence-corrected chi connectivity index (χ4v) is 10.7. The average Bonchev–Trinajstić information content (AvgIpc) is 3.47. The lowest BCUT2D eigenvalue weighted by molar-refractivity contribution is -0.126. The number of rotatable bonds is 13. The highest BCUT2D eigenvalue weighted by Gasteiger charge is 2.44. The summed E-state index contributed by atoms with van der Waals surface area (Å²) in [6.07, 6.45) is 15.5. The Bertz CT molecular complexity index is 1150. The van der Waals surface area contributed by atoms with Gasteiger partial charge in [-0.1, -0.05) is 59.8 Å². The number of anilines is 1. The molecular formula is C41H67FN2O5. The average molecular weight is 687 g/mol. The van der Waals surface area contributed by atoms with Gasteiger partial charge in [0.25, 0.3) is 0 Å². The predicted molar refractivity (Wildman–Crippen MR) is 192 cm³/mol. The number of hydrogen-bond donors (Lipinski definition) is 2. The molecule has 2 saturated heterocycles. The Kier molecular flexibility index (Phi) is 14.4. The summed E-state index contributed by atoms with van der Waals surface area (Å²) in [6.45, 7) is 10.3. The van der Waals surface area contributed by atoms with Crippen LogP contribution in [0.1, 0.15) is 124 Å². The first-order valence-electron chi connectivity index (χ1n) is 20.1. The van der Waals surface area contributed by atoms with Gasteiger partial charge in [0.15, 0.2) is 0 Å². The zero-order valence-corrected chi connectivity index (χ0v) is 31.1. The second-order valence-electron chi connectivity index (χ2n) is 16.4. The number of pyridine rings is 1. The van der Waals surface area contributed by atoms with Crippen molar-refractivity contribution < 1.29 is 28.9 Å². The minimum atomic E-state index is -0.690. The van der Waals surface area contributed by atoms with Crippen molar-refractivity contribution in [3.8, 4) is 0 Å². The van der Waals surface area contributed by atoms with Crippen LogP contribution < -0.4 is 4.90 Å². The van der Waals surface area contributed by atoms with Gasteiger partial charge in [0.05, 0.1) is 43.8 Å².